The number of morpholine rings is 1. The van der Waals surface area contributed by atoms with Gasteiger partial charge in [-0.1, -0.05) is 29.5 Å². The smallest absolute Gasteiger partial charge is 0.262 e. The number of rotatable bonds is 3. The monoisotopic (exact) mass is 333 g/mol. The third-order valence-electron chi connectivity index (χ3n) is 3.72. The van der Waals surface area contributed by atoms with E-state index in [1.165, 1.54) is 11.8 Å². The van der Waals surface area contributed by atoms with Crippen molar-refractivity contribution >= 4 is 34.4 Å². The van der Waals surface area contributed by atoms with E-state index >= 15 is 0 Å². The van der Waals surface area contributed by atoms with Crippen LogP contribution < -0.4 is 5.32 Å². The summed E-state index contributed by atoms with van der Waals surface area (Å²) in [4.78, 5) is 30.3. The Labute approximate surface area is 139 Å². The number of carbonyl (C=O) groups excluding carboxylic acids is 2. The molecule has 1 fully saturated rings. The van der Waals surface area contributed by atoms with Gasteiger partial charge in [0, 0.05) is 25.2 Å². The number of hydrogen-bond acceptors (Lipinski definition) is 5. The molecule has 23 heavy (non-hydrogen) atoms. The largest absolute Gasteiger partial charge is 0.378 e. The van der Waals surface area contributed by atoms with E-state index in [2.05, 4.69) is 10.3 Å². The number of aryl methyl sites for hydroxylation is 1. The van der Waals surface area contributed by atoms with Crippen molar-refractivity contribution < 1.29 is 14.3 Å². The maximum atomic E-state index is 12.1. The number of aliphatic imine (C=N–C) groups is 1. The minimum Gasteiger partial charge on any atom is -0.378 e. The summed E-state index contributed by atoms with van der Waals surface area (Å²) in [5.41, 5.74) is 1.87. The van der Waals surface area contributed by atoms with Gasteiger partial charge in [-0.15, -0.1) is 0 Å². The fourth-order valence-corrected chi connectivity index (χ4v) is 3.53. The lowest BCUT2D eigenvalue weighted by Gasteiger charge is -2.27. The zero-order chi connectivity index (χ0) is 16.2. The molecule has 2 heterocycles. The Morgan fingerprint density at radius 3 is 2.74 bits per heavy atom. The zero-order valence-corrected chi connectivity index (χ0v) is 13.8. The van der Waals surface area contributed by atoms with Gasteiger partial charge in [-0.2, -0.15) is 4.99 Å². The summed E-state index contributed by atoms with van der Waals surface area (Å²) in [6.45, 7) is 4.76. The van der Waals surface area contributed by atoms with E-state index in [1.54, 1.807) is 0 Å². The number of nitrogens with one attached hydrogen (secondary N) is 1. The Kier molecular flexibility index (Phi) is 4.97. The molecule has 2 aliphatic heterocycles. The molecule has 0 aliphatic carbocycles. The number of thioether (sulfide) groups is 1. The number of ether oxygens (including phenoxy) is 1. The molecule has 2 amide bonds. The van der Waals surface area contributed by atoms with Crippen LogP contribution >= 0.6 is 11.8 Å². The molecule has 0 aromatic heterocycles. The van der Waals surface area contributed by atoms with Crippen molar-refractivity contribution in [2.75, 3.05) is 31.6 Å². The van der Waals surface area contributed by atoms with Crippen LogP contribution in [0.2, 0.25) is 0 Å². The van der Waals surface area contributed by atoms with Crippen LogP contribution in [0.5, 0.6) is 0 Å². The predicted molar refractivity (Wildman–Crippen MR) is 90.6 cm³/mol. The maximum absolute atomic E-state index is 12.1. The topological polar surface area (TPSA) is 71.0 Å². The van der Waals surface area contributed by atoms with E-state index in [0.717, 1.165) is 24.3 Å². The van der Waals surface area contributed by atoms with Crippen molar-refractivity contribution in [2.45, 2.75) is 18.6 Å². The number of nitrogens with zero attached hydrogens (tertiary/aromatic N) is 2. The van der Waals surface area contributed by atoms with E-state index < -0.39 is 5.25 Å². The Morgan fingerprint density at radius 2 is 2.04 bits per heavy atom. The summed E-state index contributed by atoms with van der Waals surface area (Å²) in [5, 5.41) is 3.10. The van der Waals surface area contributed by atoms with E-state index in [4.69, 9.17) is 4.74 Å². The second-order valence-electron chi connectivity index (χ2n) is 5.56. The van der Waals surface area contributed by atoms with Crippen LogP contribution in [0, 0.1) is 6.92 Å². The molecule has 1 atom stereocenters. The van der Waals surface area contributed by atoms with Crippen LogP contribution in [0.25, 0.3) is 0 Å². The molecule has 1 aromatic carbocycles. The van der Waals surface area contributed by atoms with Crippen LogP contribution in [0.15, 0.2) is 29.3 Å². The molecule has 2 aliphatic rings. The lowest BCUT2D eigenvalue weighted by atomic mass is 10.2. The fourth-order valence-electron chi connectivity index (χ4n) is 2.42. The highest BCUT2D eigenvalue weighted by atomic mass is 32.2. The molecular formula is C16H19N3O3S. The summed E-state index contributed by atoms with van der Waals surface area (Å²) in [5.74, 6) is -0.395. The minimum absolute atomic E-state index is 0.134. The van der Waals surface area contributed by atoms with Crippen molar-refractivity contribution in [1.29, 1.82) is 0 Å². The summed E-state index contributed by atoms with van der Waals surface area (Å²) in [7, 11) is 0. The molecule has 1 N–H and O–H groups in total. The van der Waals surface area contributed by atoms with Gasteiger partial charge in [-0.3, -0.25) is 9.59 Å². The minimum atomic E-state index is -0.432. The summed E-state index contributed by atoms with van der Waals surface area (Å²) in [6.07, 6.45) is 0.134. The second-order valence-corrected chi connectivity index (χ2v) is 6.73. The average molecular weight is 333 g/mol. The number of hydrogen-bond donors (Lipinski definition) is 1. The van der Waals surface area contributed by atoms with E-state index in [1.807, 2.05) is 36.1 Å². The first-order valence-electron chi connectivity index (χ1n) is 7.60. The summed E-state index contributed by atoms with van der Waals surface area (Å²) < 4.78 is 5.30. The molecule has 1 unspecified atom stereocenters. The van der Waals surface area contributed by atoms with Crippen molar-refractivity contribution in [3.63, 3.8) is 0 Å². The normalized spacial score (nSPS) is 21.3. The Hall–Kier alpha value is -1.86. The molecule has 3 rings (SSSR count). The molecule has 122 valence electrons. The van der Waals surface area contributed by atoms with Crippen molar-refractivity contribution in [3.8, 4) is 0 Å². The first-order valence-corrected chi connectivity index (χ1v) is 8.48. The number of benzene rings is 1. The molecule has 7 heteroatoms. The molecule has 0 saturated carbocycles. The molecule has 6 nitrogen and oxygen atoms in total. The lowest BCUT2D eigenvalue weighted by Crippen LogP contribution is -2.39. The van der Waals surface area contributed by atoms with Crippen molar-refractivity contribution in [1.82, 2.24) is 4.90 Å². The number of carbonyl (C=O) groups is 2. The van der Waals surface area contributed by atoms with Gasteiger partial charge < -0.3 is 15.0 Å². The van der Waals surface area contributed by atoms with Gasteiger partial charge in [0.2, 0.25) is 5.91 Å². The van der Waals surface area contributed by atoms with Crippen molar-refractivity contribution in [2.24, 2.45) is 4.99 Å². The van der Waals surface area contributed by atoms with Crippen LogP contribution in [0.3, 0.4) is 0 Å². The van der Waals surface area contributed by atoms with Crippen LogP contribution in [0.4, 0.5) is 5.69 Å². The Morgan fingerprint density at radius 1 is 1.35 bits per heavy atom. The Bertz CT molecular complexity index is 624. The third kappa shape index (κ3) is 4.11. The molecular weight excluding hydrogens is 314 g/mol. The van der Waals surface area contributed by atoms with Gasteiger partial charge in [0.25, 0.3) is 5.91 Å². The van der Waals surface area contributed by atoms with E-state index in [0.29, 0.717) is 18.4 Å². The molecule has 0 spiro atoms. The third-order valence-corrected chi connectivity index (χ3v) is 4.93. The van der Waals surface area contributed by atoms with Gasteiger partial charge >= 0.3 is 0 Å². The standard InChI is InChI=1S/C16H19N3O3S/c1-11-2-4-12(5-3-11)17-14(20)10-13-15(21)18-16(23-13)19-6-8-22-9-7-19/h2-5,13H,6-10H2,1H3,(H,17,20). The quantitative estimate of drug-likeness (QED) is 0.911. The summed E-state index contributed by atoms with van der Waals surface area (Å²) >= 11 is 1.38. The molecule has 1 aromatic rings. The molecule has 1 saturated heterocycles. The SMILES string of the molecule is Cc1ccc(NC(=O)CC2SC(N3CCOCC3)=NC2=O)cc1. The highest BCUT2D eigenvalue weighted by Gasteiger charge is 2.33. The Balaban J connectivity index is 1.53. The van der Waals surface area contributed by atoms with E-state index in [9.17, 15) is 9.59 Å². The maximum Gasteiger partial charge on any atom is 0.262 e. The van der Waals surface area contributed by atoms with Gasteiger partial charge in [-0.25, -0.2) is 0 Å². The number of amides is 2. The number of anilines is 1. The van der Waals surface area contributed by atoms with Crippen LogP contribution in [-0.2, 0) is 14.3 Å². The van der Waals surface area contributed by atoms with Gasteiger partial charge in [0.1, 0.15) is 5.25 Å². The first-order chi connectivity index (χ1) is 11.1. The van der Waals surface area contributed by atoms with Crippen LogP contribution in [0.1, 0.15) is 12.0 Å². The van der Waals surface area contributed by atoms with E-state index in [-0.39, 0.29) is 18.2 Å². The zero-order valence-electron chi connectivity index (χ0n) is 12.9. The highest BCUT2D eigenvalue weighted by molar-refractivity contribution is 8.15. The lowest BCUT2D eigenvalue weighted by molar-refractivity contribution is -0.121. The number of amidine groups is 1. The average Bonchev–Trinajstić information content (AvgIpc) is 2.91. The molecule has 0 radical (unpaired) electrons. The predicted octanol–water partition coefficient (Wildman–Crippen LogP) is 1.65. The second kappa shape index (κ2) is 7.14. The fraction of sp³-hybridized carbons (Fsp3) is 0.438. The van der Waals surface area contributed by atoms with Gasteiger partial charge in [0.15, 0.2) is 5.17 Å². The van der Waals surface area contributed by atoms with Crippen molar-refractivity contribution in [3.05, 3.63) is 29.8 Å². The van der Waals surface area contributed by atoms with Crippen LogP contribution in [-0.4, -0.2) is 53.4 Å². The first kappa shape index (κ1) is 16.0. The van der Waals surface area contributed by atoms with Gasteiger partial charge in [-0.05, 0) is 19.1 Å². The van der Waals surface area contributed by atoms with Gasteiger partial charge in [0.05, 0.1) is 13.2 Å². The summed E-state index contributed by atoms with van der Waals surface area (Å²) in [6, 6.07) is 7.58. The highest BCUT2D eigenvalue weighted by Crippen LogP contribution is 2.28. The molecule has 0 bridgehead atoms.